The molecule has 0 saturated carbocycles. The molecule has 0 atom stereocenters. The van der Waals surface area contributed by atoms with Crippen LogP contribution in [0.2, 0.25) is 0 Å². The van der Waals surface area contributed by atoms with Crippen molar-refractivity contribution in [1.82, 2.24) is 0 Å². The highest BCUT2D eigenvalue weighted by Crippen LogP contribution is 2.31. The molecule has 0 unspecified atom stereocenters. The van der Waals surface area contributed by atoms with Crippen LogP contribution in [0.1, 0.15) is 5.56 Å². The maximum Gasteiger partial charge on any atom is 0.259 e. The highest BCUT2D eigenvalue weighted by molar-refractivity contribution is 6.02. The van der Waals surface area contributed by atoms with Gasteiger partial charge in [0.2, 0.25) is 0 Å². The lowest BCUT2D eigenvalue weighted by atomic mass is 10.0. The van der Waals surface area contributed by atoms with Gasteiger partial charge in [0.05, 0.1) is 0 Å². The predicted molar refractivity (Wildman–Crippen MR) is 70.1 cm³/mol. The van der Waals surface area contributed by atoms with Gasteiger partial charge in [-0.15, -0.1) is 0 Å². The largest absolute Gasteiger partial charge is 0.507 e. The average Bonchev–Trinajstić information content (AvgIpc) is 2.37. The smallest absolute Gasteiger partial charge is 0.259 e. The molecule has 19 heavy (non-hydrogen) atoms. The second-order valence-electron chi connectivity index (χ2n) is 3.94. The van der Waals surface area contributed by atoms with Gasteiger partial charge >= 0.3 is 0 Å². The summed E-state index contributed by atoms with van der Waals surface area (Å²) < 4.78 is 0. The summed E-state index contributed by atoms with van der Waals surface area (Å²) in [6.45, 7) is 0. The average molecular weight is 254 g/mol. The fourth-order valence-corrected chi connectivity index (χ4v) is 1.74. The molecule has 2 aromatic rings. The van der Waals surface area contributed by atoms with Crippen molar-refractivity contribution in [3.63, 3.8) is 0 Å². The summed E-state index contributed by atoms with van der Waals surface area (Å²) >= 11 is 0. The summed E-state index contributed by atoms with van der Waals surface area (Å²) in [5.74, 6) is -0.973. The maximum atomic E-state index is 11.0. The van der Waals surface area contributed by atoms with Crippen LogP contribution in [0.4, 0.5) is 0 Å². The van der Waals surface area contributed by atoms with Crippen molar-refractivity contribution in [3.05, 3.63) is 41.5 Å². The number of phenols is 2. The van der Waals surface area contributed by atoms with Crippen LogP contribution in [0.3, 0.4) is 0 Å². The molecule has 0 aliphatic carbocycles. The Balaban J connectivity index is 2.67. The molecule has 0 radical (unpaired) electrons. The first-order chi connectivity index (χ1) is 9.02. The van der Waals surface area contributed by atoms with Gasteiger partial charge in [0.1, 0.15) is 23.1 Å². The first kappa shape index (κ1) is 12.5. The summed E-state index contributed by atoms with van der Waals surface area (Å²) in [5, 5.41) is 29.4. The first-order valence-corrected chi connectivity index (χ1v) is 5.39. The van der Waals surface area contributed by atoms with E-state index in [0.717, 1.165) is 0 Å². The van der Waals surface area contributed by atoms with Gasteiger partial charge in [0.15, 0.2) is 0 Å². The zero-order valence-electron chi connectivity index (χ0n) is 9.79. The van der Waals surface area contributed by atoms with E-state index in [9.17, 15) is 15.0 Å². The lowest BCUT2D eigenvalue weighted by molar-refractivity contribution is -0.114. The van der Waals surface area contributed by atoms with Gasteiger partial charge in [0, 0.05) is 10.9 Å². The van der Waals surface area contributed by atoms with Gasteiger partial charge in [-0.2, -0.15) is 5.26 Å². The molecule has 1 amide bonds. The number of nitrogens with zero attached hydrogens (tertiary/aromatic N) is 1. The Hall–Kier alpha value is -3.00. The number of rotatable bonds is 2. The molecular weight excluding hydrogens is 244 g/mol. The fraction of sp³-hybridized carbons (Fsp3) is 0. The van der Waals surface area contributed by atoms with Crippen LogP contribution >= 0.6 is 0 Å². The van der Waals surface area contributed by atoms with E-state index in [-0.39, 0.29) is 22.6 Å². The number of phenolic OH excluding ortho intramolecular Hbond substituents is 2. The molecule has 0 saturated heterocycles. The van der Waals surface area contributed by atoms with Gasteiger partial charge in [0.25, 0.3) is 5.91 Å². The molecule has 0 heterocycles. The van der Waals surface area contributed by atoms with Crippen molar-refractivity contribution in [2.75, 3.05) is 0 Å². The predicted octanol–water partition coefficient (Wildman–Crippen LogP) is 1.64. The Kier molecular flexibility index (Phi) is 3.08. The zero-order valence-corrected chi connectivity index (χ0v) is 9.79. The SMILES string of the molecule is N#CC(=Cc1cc2cccc(O)c2cc1O)C(N)=O. The number of benzene rings is 2. The number of primary amides is 1. The Morgan fingerprint density at radius 3 is 2.63 bits per heavy atom. The molecule has 0 fully saturated rings. The maximum absolute atomic E-state index is 11.0. The minimum Gasteiger partial charge on any atom is -0.507 e. The standard InChI is InChI=1S/C14H10N2O3/c15-7-10(14(16)19)5-9-4-8-2-1-3-12(17)11(8)6-13(9)18/h1-6,17-18H,(H2,16,19). The Labute approximate surface area is 108 Å². The minimum absolute atomic E-state index is 0.0405. The van der Waals surface area contributed by atoms with E-state index in [0.29, 0.717) is 10.8 Å². The third-order valence-corrected chi connectivity index (χ3v) is 2.69. The van der Waals surface area contributed by atoms with Crippen LogP contribution in [-0.2, 0) is 4.79 Å². The van der Waals surface area contributed by atoms with Gasteiger partial charge in [-0.1, -0.05) is 12.1 Å². The molecular formula is C14H10N2O3. The first-order valence-electron chi connectivity index (χ1n) is 5.39. The number of carbonyl (C=O) groups excluding carboxylic acids is 1. The second-order valence-corrected chi connectivity index (χ2v) is 3.94. The normalized spacial score (nSPS) is 11.2. The molecule has 0 aliphatic heterocycles. The molecule has 0 aliphatic rings. The van der Waals surface area contributed by atoms with Crippen LogP contribution < -0.4 is 5.73 Å². The van der Waals surface area contributed by atoms with Crippen molar-refractivity contribution in [1.29, 1.82) is 5.26 Å². The number of hydrogen-bond acceptors (Lipinski definition) is 4. The molecule has 2 rings (SSSR count). The summed E-state index contributed by atoms with van der Waals surface area (Å²) in [5.41, 5.74) is 5.06. The summed E-state index contributed by atoms with van der Waals surface area (Å²) in [6.07, 6.45) is 1.21. The van der Waals surface area contributed by atoms with Crippen LogP contribution in [-0.4, -0.2) is 16.1 Å². The number of nitrogens with two attached hydrogens (primary N) is 1. The van der Waals surface area contributed by atoms with E-state index in [4.69, 9.17) is 11.0 Å². The van der Waals surface area contributed by atoms with E-state index in [1.807, 2.05) is 0 Å². The minimum atomic E-state index is -0.863. The number of nitriles is 1. The van der Waals surface area contributed by atoms with Gasteiger partial charge < -0.3 is 15.9 Å². The third-order valence-electron chi connectivity index (χ3n) is 2.69. The van der Waals surface area contributed by atoms with Crippen molar-refractivity contribution in [2.24, 2.45) is 5.73 Å². The fourth-order valence-electron chi connectivity index (χ4n) is 1.74. The van der Waals surface area contributed by atoms with Crippen LogP contribution in [0.15, 0.2) is 35.9 Å². The van der Waals surface area contributed by atoms with E-state index in [2.05, 4.69) is 0 Å². The second kappa shape index (κ2) is 4.70. The molecule has 2 aromatic carbocycles. The summed E-state index contributed by atoms with van der Waals surface area (Å²) in [6, 6.07) is 9.48. The quantitative estimate of drug-likeness (QED) is 0.559. The van der Waals surface area contributed by atoms with Crippen molar-refractivity contribution >= 4 is 22.8 Å². The van der Waals surface area contributed by atoms with Gasteiger partial charge in [-0.05, 0) is 29.7 Å². The van der Waals surface area contributed by atoms with Crippen molar-refractivity contribution in [2.45, 2.75) is 0 Å². The van der Waals surface area contributed by atoms with Gasteiger partial charge in [-0.25, -0.2) is 0 Å². The van der Waals surface area contributed by atoms with Crippen LogP contribution in [0, 0.1) is 11.3 Å². The number of fused-ring (bicyclic) bond motifs is 1. The van der Waals surface area contributed by atoms with Crippen LogP contribution in [0.25, 0.3) is 16.8 Å². The summed E-state index contributed by atoms with van der Waals surface area (Å²) in [4.78, 5) is 11.0. The third kappa shape index (κ3) is 2.33. The molecule has 0 bridgehead atoms. The number of amides is 1. The van der Waals surface area contributed by atoms with E-state index in [1.165, 1.54) is 18.2 Å². The monoisotopic (exact) mass is 254 g/mol. The molecule has 0 spiro atoms. The molecule has 0 aromatic heterocycles. The molecule has 4 N–H and O–H groups in total. The highest BCUT2D eigenvalue weighted by Gasteiger charge is 2.08. The summed E-state index contributed by atoms with van der Waals surface area (Å²) in [7, 11) is 0. The highest BCUT2D eigenvalue weighted by atomic mass is 16.3. The Morgan fingerprint density at radius 1 is 1.26 bits per heavy atom. The zero-order chi connectivity index (χ0) is 14.0. The lowest BCUT2D eigenvalue weighted by Crippen LogP contribution is -2.12. The van der Waals surface area contributed by atoms with Crippen molar-refractivity contribution in [3.8, 4) is 17.6 Å². The van der Waals surface area contributed by atoms with E-state index >= 15 is 0 Å². The molecule has 94 valence electrons. The van der Waals surface area contributed by atoms with E-state index in [1.54, 1.807) is 24.3 Å². The van der Waals surface area contributed by atoms with E-state index < -0.39 is 5.91 Å². The molecule has 5 heteroatoms. The lowest BCUT2D eigenvalue weighted by Gasteiger charge is -2.05. The van der Waals surface area contributed by atoms with Crippen LogP contribution in [0.5, 0.6) is 11.5 Å². The number of carbonyl (C=O) groups is 1. The number of hydrogen-bond donors (Lipinski definition) is 3. The number of aromatic hydroxyl groups is 2. The Morgan fingerprint density at radius 2 is 2.00 bits per heavy atom. The molecule has 5 nitrogen and oxygen atoms in total. The van der Waals surface area contributed by atoms with Crippen molar-refractivity contribution < 1.29 is 15.0 Å². The van der Waals surface area contributed by atoms with Gasteiger partial charge in [-0.3, -0.25) is 4.79 Å². The topological polar surface area (TPSA) is 107 Å². The Bertz CT molecular complexity index is 742.